The molecule has 0 bridgehead atoms. The van der Waals surface area contributed by atoms with E-state index in [4.69, 9.17) is 9.47 Å². The Balaban J connectivity index is 1.98. The molecule has 174 valence electrons. The molecule has 2 aromatic carbocycles. The minimum atomic E-state index is -4.08. The Hall–Kier alpha value is -3.23. The highest BCUT2D eigenvalue weighted by Crippen LogP contribution is 2.27. The minimum absolute atomic E-state index is 0.0311. The number of nitrogens with zero attached hydrogens (tertiary/aromatic N) is 2. The van der Waals surface area contributed by atoms with Gasteiger partial charge in [0.2, 0.25) is 10.0 Å². The molecule has 1 heterocycles. The van der Waals surface area contributed by atoms with Gasteiger partial charge in [0.1, 0.15) is 18.4 Å². The summed E-state index contributed by atoms with van der Waals surface area (Å²) in [4.78, 5) is 17.3. The standard InChI is InChI=1S/C25H28N2O5S/c1-19(2)24(25(28)32-18-20-9-5-4-6-10-20)27(17-21-11-8-14-26-16-21)33(29,30)23-13-7-12-22(15-23)31-3/h4-16,19,24H,17-18H2,1-3H3/t24-/m1/s1. The van der Waals surface area contributed by atoms with Crippen LogP contribution in [0.3, 0.4) is 0 Å². The fraction of sp³-hybridized carbons (Fsp3) is 0.280. The molecular weight excluding hydrogens is 440 g/mol. The monoisotopic (exact) mass is 468 g/mol. The van der Waals surface area contributed by atoms with E-state index in [1.165, 1.54) is 23.5 Å². The third-order valence-corrected chi connectivity index (χ3v) is 6.94. The van der Waals surface area contributed by atoms with E-state index in [2.05, 4.69) is 4.98 Å². The summed E-state index contributed by atoms with van der Waals surface area (Å²) in [5.41, 5.74) is 1.48. The molecule has 0 N–H and O–H groups in total. The third kappa shape index (κ3) is 6.18. The van der Waals surface area contributed by atoms with E-state index < -0.39 is 22.0 Å². The lowest BCUT2D eigenvalue weighted by Gasteiger charge is -2.32. The van der Waals surface area contributed by atoms with E-state index in [-0.39, 0.29) is 24.0 Å². The number of carbonyl (C=O) groups excluding carboxylic acids is 1. The van der Waals surface area contributed by atoms with Crippen LogP contribution in [0.5, 0.6) is 5.75 Å². The van der Waals surface area contributed by atoms with Gasteiger partial charge in [-0.15, -0.1) is 0 Å². The van der Waals surface area contributed by atoms with Gasteiger partial charge in [-0.1, -0.05) is 56.3 Å². The molecule has 0 unspecified atom stereocenters. The number of carbonyl (C=O) groups is 1. The average Bonchev–Trinajstić information content (AvgIpc) is 2.83. The number of aromatic nitrogens is 1. The van der Waals surface area contributed by atoms with Crippen LogP contribution in [-0.4, -0.2) is 36.8 Å². The second-order valence-electron chi connectivity index (χ2n) is 7.87. The predicted molar refractivity (Wildman–Crippen MR) is 125 cm³/mol. The van der Waals surface area contributed by atoms with Gasteiger partial charge in [-0.2, -0.15) is 4.31 Å². The number of hydrogen-bond acceptors (Lipinski definition) is 6. The van der Waals surface area contributed by atoms with Crippen LogP contribution >= 0.6 is 0 Å². The van der Waals surface area contributed by atoms with Crippen LogP contribution in [0.1, 0.15) is 25.0 Å². The predicted octanol–water partition coefficient (Wildman–Crippen LogP) is 4.05. The highest BCUT2D eigenvalue weighted by atomic mass is 32.2. The molecule has 0 fully saturated rings. The average molecular weight is 469 g/mol. The van der Waals surface area contributed by atoms with E-state index in [9.17, 15) is 13.2 Å². The number of esters is 1. The molecule has 0 amide bonds. The van der Waals surface area contributed by atoms with Gasteiger partial charge in [0.25, 0.3) is 0 Å². The second kappa shape index (κ2) is 11.1. The number of ether oxygens (including phenoxy) is 2. The summed E-state index contributed by atoms with van der Waals surface area (Å²) in [6.07, 6.45) is 3.19. The Morgan fingerprint density at radius 1 is 1.00 bits per heavy atom. The van der Waals surface area contributed by atoms with Crippen molar-refractivity contribution < 1.29 is 22.7 Å². The SMILES string of the molecule is COc1cccc(S(=O)(=O)N(Cc2cccnc2)[C@@H](C(=O)OCc2ccccc2)C(C)C)c1. The van der Waals surface area contributed by atoms with E-state index in [0.717, 1.165) is 5.56 Å². The molecule has 0 saturated carbocycles. The summed E-state index contributed by atoms with van der Waals surface area (Å²) >= 11 is 0. The van der Waals surface area contributed by atoms with Crippen LogP contribution in [0.25, 0.3) is 0 Å². The van der Waals surface area contributed by atoms with Gasteiger partial charge in [-0.3, -0.25) is 9.78 Å². The lowest BCUT2D eigenvalue weighted by Crippen LogP contribution is -2.48. The minimum Gasteiger partial charge on any atom is -0.497 e. The van der Waals surface area contributed by atoms with Crippen LogP contribution in [0.15, 0.2) is 84.0 Å². The summed E-state index contributed by atoms with van der Waals surface area (Å²) in [6.45, 7) is 3.62. The van der Waals surface area contributed by atoms with Gasteiger partial charge in [-0.05, 0) is 35.2 Å². The zero-order valence-electron chi connectivity index (χ0n) is 18.9. The van der Waals surface area contributed by atoms with Crippen molar-refractivity contribution in [3.63, 3.8) is 0 Å². The summed E-state index contributed by atoms with van der Waals surface area (Å²) < 4.78 is 39.5. The molecule has 33 heavy (non-hydrogen) atoms. The van der Waals surface area contributed by atoms with E-state index in [0.29, 0.717) is 11.3 Å². The summed E-state index contributed by atoms with van der Waals surface area (Å²) in [5.74, 6) is -0.542. The van der Waals surface area contributed by atoms with Crippen molar-refractivity contribution in [2.75, 3.05) is 7.11 Å². The highest BCUT2D eigenvalue weighted by Gasteiger charge is 2.39. The lowest BCUT2D eigenvalue weighted by molar-refractivity contribution is -0.151. The van der Waals surface area contributed by atoms with E-state index in [1.807, 2.05) is 30.3 Å². The van der Waals surface area contributed by atoms with Crippen molar-refractivity contribution >= 4 is 16.0 Å². The molecular formula is C25H28N2O5S. The molecule has 3 aromatic rings. The molecule has 0 aliphatic heterocycles. The Bertz CT molecular complexity index is 1150. The third-order valence-electron chi connectivity index (χ3n) is 5.12. The van der Waals surface area contributed by atoms with Crippen LogP contribution in [0.2, 0.25) is 0 Å². The van der Waals surface area contributed by atoms with Crippen LogP contribution < -0.4 is 4.74 Å². The van der Waals surface area contributed by atoms with Crippen molar-refractivity contribution in [1.82, 2.24) is 9.29 Å². The topological polar surface area (TPSA) is 85.8 Å². The molecule has 0 aliphatic carbocycles. The Labute approximate surface area is 195 Å². The number of hydrogen-bond donors (Lipinski definition) is 0. The molecule has 3 rings (SSSR count). The first-order chi connectivity index (χ1) is 15.8. The molecule has 0 saturated heterocycles. The maximum atomic E-state index is 13.8. The Morgan fingerprint density at radius 3 is 2.36 bits per heavy atom. The highest BCUT2D eigenvalue weighted by molar-refractivity contribution is 7.89. The van der Waals surface area contributed by atoms with Crippen molar-refractivity contribution in [3.05, 3.63) is 90.3 Å². The maximum absolute atomic E-state index is 13.8. The molecule has 8 heteroatoms. The van der Waals surface area contributed by atoms with Gasteiger partial charge < -0.3 is 9.47 Å². The molecule has 0 spiro atoms. The van der Waals surface area contributed by atoms with E-state index >= 15 is 0 Å². The van der Waals surface area contributed by atoms with Gasteiger partial charge in [0, 0.05) is 25.0 Å². The summed E-state index contributed by atoms with van der Waals surface area (Å²) in [5, 5.41) is 0. The van der Waals surface area contributed by atoms with Crippen LogP contribution in [0, 0.1) is 5.92 Å². The number of benzene rings is 2. The second-order valence-corrected chi connectivity index (χ2v) is 9.76. The molecule has 0 radical (unpaired) electrons. The smallest absolute Gasteiger partial charge is 0.325 e. The van der Waals surface area contributed by atoms with E-state index in [1.54, 1.807) is 50.5 Å². The largest absolute Gasteiger partial charge is 0.497 e. The Morgan fingerprint density at radius 2 is 1.73 bits per heavy atom. The quantitative estimate of drug-likeness (QED) is 0.417. The molecule has 0 aliphatic rings. The maximum Gasteiger partial charge on any atom is 0.325 e. The molecule has 7 nitrogen and oxygen atoms in total. The van der Waals surface area contributed by atoms with Crippen molar-refractivity contribution in [3.8, 4) is 5.75 Å². The fourth-order valence-electron chi connectivity index (χ4n) is 3.44. The van der Waals surface area contributed by atoms with Crippen molar-refractivity contribution in [2.45, 2.75) is 37.9 Å². The van der Waals surface area contributed by atoms with Crippen molar-refractivity contribution in [2.24, 2.45) is 5.92 Å². The first-order valence-corrected chi connectivity index (χ1v) is 12.0. The number of rotatable bonds is 10. The van der Waals surface area contributed by atoms with Gasteiger partial charge in [0.05, 0.1) is 12.0 Å². The zero-order valence-corrected chi connectivity index (χ0v) is 19.7. The molecule has 1 atom stereocenters. The Kier molecular flexibility index (Phi) is 8.19. The normalized spacial score (nSPS) is 12.5. The number of pyridine rings is 1. The van der Waals surface area contributed by atoms with Gasteiger partial charge in [0.15, 0.2) is 0 Å². The van der Waals surface area contributed by atoms with Gasteiger partial charge in [-0.25, -0.2) is 8.42 Å². The van der Waals surface area contributed by atoms with Crippen LogP contribution in [0.4, 0.5) is 0 Å². The van der Waals surface area contributed by atoms with Crippen molar-refractivity contribution in [1.29, 1.82) is 0 Å². The van der Waals surface area contributed by atoms with Crippen LogP contribution in [-0.2, 0) is 32.7 Å². The summed E-state index contributed by atoms with van der Waals surface area (Å²) in [6, 6.07) is 17.9. The number of methoxy groups -OCH3 is 1. The molecule has 1 aromatic heterocycles. The first kappa shape index (κ1) is 24.4. The zero-order chi connectivity index (χ0) is 23.8. The number of sulfonamides is 1. The fourth-order valence-corrected chi connectivity index (χ4v) is 5.17. The van der Waals surface area contributed by atoms with Gasteiger partial charge >= 0.3 is 5.97 Å². The first-order valence-electron chi connectivity index (χ1n) is 10.6. The lowest BCUT2D eigenvalue weighted by atomic mass is 10.0. The summed E-state index contributed by atoms with van der Waals surface area (Å²) in [7, 11) is -2.61.